The fourth-order valence-corrected chi connectivity index (χ4v) is 2.31. The lowest BCUT2D eigenvalue weighted by atomic mass is 9.81. The van der Waals surface area contributed by atoms with E-state index in [1.54, 1.807) is 13.8 Å². The van der Waals surface area contributed by atoms with Gasteiger partial charge in [0.1, 0.15) is 0 Å². The average molecular weight is 226 g/mol. The Kier molecular flexibility index (Phi) is 4.78. The fraction of sp³-hybridized carbons (Fsp3) is 0.923. The van der Waals surface area contributed by atoms with E-state index in [-0.39, 0.29) is 5.91 Å². The molecule has 0 radical (unpaired) electrons. The van der Waals surface area contributed by atoms with E-state index in [1.807, 2.05) is 0 Å². The first kappa shape index (κ1) is 13.5. The number of nitrogens with two attached hydrogens (primary N) is 1. The molecule has 0 bridgehead atoms. The highest BCUT2D eigenvalue weighted by molar-refractivity contribution is 5.84. The zero-order valence-corrected chi connectivity index (χ0v) is 10.9. The quantitative estimate of drug-likeness (QED) is 0.771. The molecule has 3 nitrogen and oxygen atoms in total. The summed E-state index contributed by atoms with van der Waals surface area (Å²) in [4.78, 5) is 11.6. The van der Waals surface area contributed by atoms with Crippen molar-refractivity contribution in [2.75, 3.05) is 6.54 Å². The van der Waals surface area contributed by atoms with Gasteiger partial charge in [-0.3, -0.25) is 4.79 Å². The topological polar surface area (TPSA) is 55.1 Å². The molecule has 1 aliphatic carbocycles. The first-order valence-corrected chi connectivity index (χ1v) is 6.50. The Labute approximate surface area is 99.2 Å². The molecule has 0 unspecified atom stereocenters. The molecule has 1 fully saturated rings. The molecule has 94 valence electrons. The van der Waals surface area contributed by atoms with E-state index in [2.05, 4.69) is 12.2 Å². The van der Waals surface area contributed by atoms with Gasteiger partial charge in [0.25, 0.3) is 0 Å². The Bertz CT molecular complexity index is 225. The Balaban J connectivity index is 2.22. The van der Waals surface area contributed by atoms with Gasteiger partial charge in [0.2, 0.25) is 5.91 Å². The first-order chi connectivity index (χ1) is 7.43. The zero-order valence-electron chi connectivity index (χ0n) is 10.9. The maximum absolute atomic E-state index is 11.6. The second-order valence-electron chi connectivity index (χ2n) is 5.73. The second-order valence-corrected chi connectivity index (χ2v) is 5.73. The van der Waals surface area contributed by atoms with Crippen molar-refractivity contribution in [1.82, 2.24) is 5.32 Å². The number of hydrogen-bond acceptors (Lipinski definition) is 2. The van der Waals surface area contributed by atoms with Crippen LogP contribution in [0.25, 0.3) is 0 Å². The summed E-state index contributed by atoms with van der Waals surface area (Å²) < 4.78 is 0. The van der Waals surface area contributed by atoms with Gasteiger partial charge in [-0.2, -0.15) is 0 Å². The number of carbonyl (C=O) groups excluding carboxylic acids is 1. The highest BCUT2D eigenvalue weighted by Gasteiger charge is 2.24. The smallest absolute Gasteiger partial charge is 0.239 e. The van der Waals surface area contributed by atoms with Gasteiger partial charge >= 0.3 is 0 Å². The Morgan fingerprint density at radius 1 is 1.25 bits per heavy atom. The third kappa shape index (κ3) is 4.12. The first-order valence-electron chi connectivity index (χ1n) is 6.50. The van der Waals surface area contributed by atoms with Crippen LogP contribution in [0.15, 0.2) is 0 Å². The van der Waals surface area contributed by atoms with E-state index < -0.39 is 5.54 Å². The monoisotopic (exact) mass is 226 g/mol. The number of nitrogens with one attached hydrogen (secondary N) is 1. The molecule has 0 aromatic carbocycles. The highest BCUT2D eigenvalue weighted by Crippen LogP contribution is 2.30. The number of carbonyl (C=O) groups is 1. The van der Waals surface area contributed by atoms with Crippen LogP contribution in [0, 0.1) is 11.8 Å². The Hall–Kier alpha value is -0.570. The van der Waals surface area contributed by atoms with Crippen LogP contribution >= 0.6 is 0 Å². The number of amides is 1. The normalized spacial score (nSPS) is 26.5. The van der Waals surface area contributed by atoms with E-state index in [0.29, 0.717) is 5.92 Å². The van der Waals surface area contributed by atoms with E-state index in [9.17, 15) is 4.79 Å². The van der Waals surface area contributed by atoms with Crippen LogP contribution < -0.4 is 11.1 Å². The summed E-state index contributed by atoms with van der Waals surface area (Å²) in [5.74, 6) is 1.54. The van der Waals surface area contributed by atoms with Crippen molar-refractivity contribution in [2.24, 2.45) is 17.6 Å². The third-order valence-electron chi connectivity index (χ3n) is 3.68. The fourth-order valence-electron chi connectivity index (χ4n) is 2.31. The molecule has 1 aliphatic rings. The molecule has 1 amide bonds. The van der Waals surface area contributed by atoms with Crippen molar-refractivity contribution in [1.29, 1.82) is 0 Å². The molecule has 0 aliphatic heterocycles. The van der Waals surface area contributed by atoms with Crippen LogP contribution in [0.2, 0.25) is 0 Å². The zero-order chi connectivity index (χ0) is 12.2. The number of hydrogen-bond donors (Lipinski definition) is 2. The lowest BCUT2D eigenvalue weighted by Crippen LogP contribution is -2.50. The van der Waals surface area contributed by atoms with E-state index in [4.69, 9.17) is 5.73 Å². The molecule has 16 heavy (non-hydrogen) atoms. The molecule has 1 saturated carbocycles. The van der Waals surface area contributed by atoms with Gasteiger partial charge in [-0.25, -0.2) is 0 Å². The summed E-state index contributed by atoms with van der Waals surface area (Å²) in [6.07, 6.45) is 6.45. The Morgan fingerprint density at radius 2 is 1.75 bits per heavy atom. The predicted octanol–water partition coefficient (Wildman–Crippen LogP) is 2.06. The molecule has 0 heterocycles. The van der Waals surface area contributed by atoms with Crippen LogP contribution in [-0.4, -0.2) is 18.0 Å². The van der Waals surface area contributed by atoms with Gasteiger partial charge in [0, 0.05) is 6.54 Å². The minimum Gasteiger partial charge on any atom is -0.354 e. The number of rotatable bonds is 4. The van der Waals surface area contributed by atoms with Gasteiger partial charge in [0.05, 0.1) is 5.54 Å². The van der Waals surface area contributed by atoms with Crippen molar-refractivity contribution >= 4 is 5.91 Å². The summed E-state index contributed by atoms with van der Waals surface area (Å²) in [7, 11) is 0. The largest absolute Gasteiger partial charge is 0.354 e. The van der Waals surface area contributed by atoms with Crippen molar-refractivity contribution in [3.63, 3.8) is 0 Å². The maximum atomic E-state index is 11.6. The minimum atomic E-state index is -0.749. The molecule has 0 aromatic heterocycles. The van der Waals surface area contributed by atoms with E-state index in [0.717, 1.165) is 12.5 Å². The molecule has 0 aromatic rings. The molecule has 1 rings (SSSR count). The molecular weight excluding hydrogens is 200 g/mol. The standard InChI is InChI=1S/C13H26N2O/c1-4-10-5-7-11(8-6-10)9-15-12(16)13(2,3)14/h10-11H,4-9,14H2,1-3H3,(H,15,16). The summed E-state index contributed by atoms with van der Waals surface area (Å²) in [5.41, 5.74) is 4.98. The average Bonchev–Trinajstić information content (AvgIpc) is 2.25. The van der Waals surface area contributed by atoms with E-state index >= 15 is 0 Å². The minimum absolute atomic E-state index is 0.0369. The molecule has 0 atom stereocenters. The van der Waals surface area contributed by atoms with Crippen LogP contribution in [-0.2, 0) is 4.79 Å². The Morgan fingerprint density at radius 3 is 2.19 bits per heavy atom. The SMILES string of the molecule is CCC1CCC(CNC(=O)C(C)(C)N)CC1. The van der Waals surface area contributed by atoms with Crippen LogP contribution in [0.1, 0.15) is 52.9 Å². The van der Waals surface area contributed by atoms with Gasteiger partial charge in [-0.15, -0.1) is 0 Å². The van der Waals surface area contributed by atoms with Crippen molar-refractivity contribution < 1.29 is 4.79 Å². The van der Waals surface area contributed by atoms with Crippen molar-refractivity contribution in [3.8, 4) is 0 Å². The van der Waals surface area contributed by atoms with E-state index in [1.165, 1.54) is 32.1 Å². The van der Waals surface area contributed by atoms with Crippen LogP contribution in [0.5, 0.6) is 0 Å². The molecular formula is C13H26N2O. The molecule has 0 saturated heterocycles. The van der Waals surface area contributed by atoms with Crippen molar-refractivity contribution in [3.05, 3.63) is 0 Å². The van der Waals surface area contributed by atoms with Gasteiger partial charge in [-0.1, -0.05) is 26.2 Å². The third-order valence-corrected chi connectivity index (χ3v) is 3.68. The second kappa shape index (κ2) is 5.67. The van der Waals surface area contributed by atoms with Crippen LogP contribution in [0.4, 0.5) is 0 Å². The molecule has 3 heteroatoms. The maximum Gasteiger partial charge on any atom is 0.239 e. The molecule has 0 spiro atoms. The molecule has 3 N–H and O–H groups in total. The summed E-state index contributed by atoms with van der Waals surface area (Å²) in [6, 6.07) is 0. The lowest BCUT2D eigenvalue weighted by Gasteiger charge is -2.28. The van der Waals surface area contributed by atoms with Crippen LogP contribution in [0.3, 0.4) is 0 Å². The summed E-state index contributed by atoms with van der Waals surface area (Å²) >= 11 is 0. The van der Waals surface area contributed by atoms with Gasteiger partial charge in [0.15, 0.2) is 0 Å². The summed E-state index contributed by atoms with van der Waals surface area (Å²) in [5, 5.41) is 2.96. The lowest BCUT2D eigenvalue weighted by molar-refractivity contribution is -0.125. The highest BCUT2D eigenvalue weighted by atomic mass is 16.2. The van der Waals surface area contributed by atoms with Gasteiger partial charge < -0.3 is 11.1 Å². The van der Waals surface area contributed by atoms with Gasteiger partial charge in [-0.05, 0) is 38.5 Å². The van der Waals surface area contributed by atoms with Crippen molar-refractivity contribution in [2.45, 2.75) is 58.4 Å². The predicted molar refractivity (Wildman–Crippen MR) is 67.0 cm³/mol. The summed E-state index contributed by atoms with van der Waals surface area (Å²) in [6.45, 7) is 6.56.